The first-order chi connectivity index (χ1) is 16.7. The van der Waals surface area contributed by atoms with Gasteiger partial charge in [-0.25, -0.2) is 9.80 Å². The Kier molecular flexibility index (Phi) is 7.67. The summed E-state index contributed by atoms with van der Waals surface area (Å²) in [6.07, 6.45) is 0.756. The van der Waals surface area contributed by atoms with Gasteiger partial charge in [-0.05, 0) is 30.7 Å². The number of amides is 3. The maximum atomic E-state index is 13.2. The number of ether oxygens (including phenoxy) is 1. The van der Waals surface area contributed by atoms with E-state index in [0.29, 0.717) is 25.4 Å². The van der Waals surface area contributed by atoms with E-state index in [4.69, 9.17) is 9.84 Å². The Balaban J connectivity index is 1.55. The summed E-state index contributed by atoms with van der Waals surface area (Å²) >= 11 is 0. The number of hydrogen-bond donors (Lipinski definition) is 1. The van der Waals surface area contributed by atoms with Crippen LogP contribution in [0.4, 0.5) is 16.2 Å². The van der Waals surface area contributed by atoms with Gasteiger partial charge in [-0.3, -0.25) is 4.79 Å². The third-order valence-corrected chi connectivity index (χ3v) is 5.40. The monoisotopic (exact) mass is 456 g/mol. The Bertz CT molecular complexity index is 1090. The smallest absolute Gasteiger partial charge is 0.342 e. The molecule has 1 aliphatic rings. The lowest BCUT2D eigenvalue weighted by Crippen LogP contribution is -2.41. The maximum Gasteiger partial charge on any atom is 0.342 e. The van der Waals surface area contributed by atoms with Gasteiger partial charge in [0, 0.05) is 35.6 Å². The Hall–Kier alpha value is -3.97. The molecule has 1 aliphatic heterocycles. The van der Waals surface area contributed by atoms with Crippen molar-refractivity contribution in [2.45, 2.75) is 13.3 Å². The molecule has 3 amide bonds. The Morgan fingerprint density at radius 3 is 2.15 bits per heavy atom. The molecule has 0 saturated carbocycles. The van der Waals surface area contributed by atoms with Crippen LogP contribution in [0, 0.1) is 0 Å². The van der Waals surface area contributed by atoms with E-state index < -0.39 is 0 Å². The van der Waals surface area contributed by atoms with Crippen LogP contribution in [-0.2, 0) is 9.53 Å². The van der Waals surface area contributed by atoms with Crippen molar-refractivity contribution >= 4 is 29.0 Å². The van der Waals surface area contributed by atoms with Crippen LogP contribution >= 0.6 is 0 Å². The Labute approximate surface area is 199 Å². The number of carbonyl (C=O) groups excluding carboxylic acids is 2. The summed E-state index contributed by atoms with van der Waals surface area (Å²) in [4.78, 5) is 26.9. The molecule has 1 heterocycles. The molecule has 1 N–H and O–H groups in total. The van der Waals surface area contributed by atoms with E-state index in [1.165, 1.54) is 5.01 Å². The zero-order chi connectivity index (χ0) is 23.8. The molecular weight excluding hydrogens is 428 g/mol. The minimum absolute atomic E-state index is 0.0687. The number of hydrogen-bond acceptors (Lipinski definition) is 4. The zero-order valence-electron chi connectivity index (χ0n) is 19.2. The van der Waals surface area contributed by atoms with Gasteiger partial charge >= 0.3 is 6.03 Å². The van der Waals surface area contributed by atoms with Crippen LogP contribution < -0.4 is 10.2 Å². The number of urea groups is 1. The van der Waals surface area contributed by atoms with E-state index in [0.717, 1.165) is 28.9 Å². The van der Waals surface area contributed by atoms with Crippen LogP contribution in [-0.4, -0.2) is 49.0 Å². The van der Waals surface area contributed by atoms with Gasteiger partial charge in [-0.15, -0.1) is 0 Å². The first kappa shape index (κ1) is 23.2. The number of rotatable bonds is 7. The second-order valence-corrected chi connectivity index (χ2v) is 7.88. The van der Waals surface area contributed by atoms with Gasteiger partial charge in [0.2, 0.25) is 0 Å². The number of hydrazone groups is 1. The normalized spacial score (nSPS) is 13.3. The summed E-state index contributed by atoms with van der Waals surface area (Å²) in [7, 11) is 0. The molecule has 1 saturated heterocycles. The van der Waals surface area contributed by atoms with E-state index in [2.05, 4.69) is 5.32 Å². The lowest BCUT2D eigenvalue weighted by Gasteiger charge is -2.27. The number of morpholine rings is 1. The number of nitrogens with zero attached hydrogens (tertiary/aromatic N) is 3. The van der Waals surface area contributed by atoms with Crippen LogP contribution in [0.15, 0.2) is 90.0 Å². The predicted octanol–water partition coefficient (Wildman–Crippen LogP) is 4.75. The molecule has 0 unspecified atom stereocenters. The van der Waals surface area contributed by atoms with Crippen molar-refractivity contribution in [2.75, 3.05) is 36.5 Å². The SMILES string of the molecule is CCCN(N=C(c1ccccc1)c1ccccc1)C(=O)Nc1ccc(N2CCOCC2=O)cc1. The summed E-state index contributed by atoms with van der Waals surface area (Å²) in [6, 6.07) is 26.6. The van der Waals surface area contributed by atoms with Gasteiger partial charge in [0.1, 0.15) is 6.61 Å². The van der Waals surface area contributed by atoms with Crippen molar-refractivity contribution in [1.82, 2.24) is 5.01 Å². The summed E-state index contributed by atoms with van der Waals surface area (Å²) in [5.41, 5.74) is 4.01. The van der Waals surface area contributed by atoms with Crippen molar-refractivity contribution < 1.29 is 14.3 Å². The van der Waals surface area contributed by atoms with Crippen LogP contribution in [0.3, 0.4) is 0 Å². The first-order valence-electron chi connectivity index (χ1n) is 11.4. The van der Waals surface area contributed by atoms with Crippen LogP contribution in [0.2, 0.25) is 0 Å². The first-order valence-corrected chi connectivity index (χ1v) is 11.4. The van der Waals surface area contributed by atoms with Gasteiger partial charge in [-0.2, -0.15) is 5.10 Å². The minimum atomic E-state index is -0.318. The van der Waals surface area contributed by atoms with Crippen LogP contribution in [0.25, 0.3) is 0 Å². The molecule has 0 atom stereocenters. The summed E-state index contributed by atoms with van der Waals surface area (Å²) in [6.45, 7) is 3.60. The van der Waals surface area contributed by atoms with Gasteiger partial charge < -0.3 is 15.0 Å². The number of anilines is 2. The highest BCUT2D eigenvalue weighted by molar-refractivity contribution is 6.13. The average molecular weight is 457 g/mol. The predicted molar refractivity (Wildman–Crippen MR) is 134 cm³/mol. The molecule has 3 aromatic rings. The number of nitrogens with one attached hydrogen (secondary N) is 1. The van der Waals surface area contributed by atoms with Crippen LogP contribution in [0.5, 0.6) is 0 Å². The summed E-state index contributed by atoms with van der Waals surface area (Å²) in [5.74, 6) is -0.0687. The molecule has 1 fully saturated rings. The molecule has 0 aromatic heterocycles. The van der Waals surface area contributed by atoms with Gasteiger partial charge in [0.15, 0.2) is 0 Å². The third-order valence-electron chi connectivity index (χ3n) is 5.40. The molecule has 174 valence electrons. The van der Waals surface area contributed by atoms with E-state index >= 15 is 0 Å². The highest BCUT2D eigenvalue weighted by Crippen LogP contribution is 2.20. The van der Waals surface area contributed by atoms with E-state index in [1.54, 1.807) is 17.0 Å². The largest absolute Gasteiger partial charge is 0.370 e. The molecule has 4 rings (SSSR count). The maximum absolute atomic E-state index is 13.2. The molecule has 0 aliphatic carbocycles. The minimum Gasteiger partial charge on any atom is -0.370 e. The third kappa shape index (κ3) is 5.68. The molecule has 7 nitrogen and oxygen atoms in total. The second-order valence-electron chi connectivity index (χ2n) is 7.88. The fourth-order valence-corrected chi connectivity index (χ4v) is 3.71. The molecule has 0 spiro atoms. The van der Waals surface area contributed by atoms with E-state index in [1.807, 2.05) is 79.7 Å². The van der Waals surface area contributed by atoms with Crippen molar-refractivity contribution in [1.29, 1.82) is 0 Å². The highest BCUT2D eigenvalue weighted by Gasteiger charge is 2.20. The quantitative estimate of drug-likeness (QED) is 0.412. The van der Waals surface area contributed by atoms with Crippen LogP contribution in [0.1, 0.15) is 24.5 Å². The van der Waals surface area contributed by atoms with Crippen molar-refractivity contribution in [2.24, 2.45) is 5.10 Å². The molecule has 7 heteroatoms. The molecule has 34 heavy (non-hydrogen) atoms. The fourth-order valence-electron chi connectivity index (χ4n) is 3.71. The Morgan fingerprint density at radius 1 is 0.971 bits per heavy atom. The van der Waals surface area contributed by atoms with Crippen molar-refractivity contribution in [3.8, 4) is 0 Å². The van der Waals surface area contributed by atoms with Gasteiger partial charge in [0.25, 0.3) is 5.91 Å². The fraction of sp³-hybridized carbons (Fsp3) is 0.222. The molecular formula is C27H28N4O3. The molecule has 3 aromatic carbocycles. The van der Waals surface area contributed by atoms with E-state index in [9.17, 15) is 9.59 Å². The topological polar surface area (TPSA) is 74.2 Å². The lowest BCUT2D eigenvalue weighted by molar-refractivity contribution is -0.125. The molecule has 0 bridgehead atoms. The van der Waals surface area contributed by atoms with Crippen molar-refractivity contribution in [3.63, 3.8) is 0 Å². The van der Waals surface area contributed by atoms with Crippen molar-refractivity contribution in [3.05, 3.63) is 96.1 Å². The van der Waals surface area contributed by atoms with Gasteiger partial charge in [0.05, 0.1) is 12.3 Å². The molecule has 0 radical (unpaired) electrons. The van der Waals surface area contributed by atoms with E-state index in [-0.39, 0.29) is 18.5 Å². The summed E-state index contributed by atoms with van der Waals surface area (Å²) in [5, 5.41) is 9.17. The second kappa shape index (κ2) is 11.2. The standard InChI is InChI=1S/C27H28N4O3/c1-2-17-31(29-26(21-9-5-3-6-10-21)22-11-7-4-8-12-22)27(33)28-23-13-15-24(16-14-23)30-18-19-34-20-25(30)32/h3-16H,2,17-20H2,1H3,(H,28,33). The van der Waals surface area contributed by atoms with Gasteiger partial charge in [-0.1, -0.05) is 67.6 Å². The number of benzene rings is 3. The zero-order valence-corrected chi connectivity index (χ0v) is 19.2. The lowest BCUT2D eigenvalue weighted by atomic mass is 10.0. The average Bonchev–Trinajstić information content (AvgIpc) is 2.88. The number of carbonyl (C=O) groups is 2. The highest BCUT2D eigenvalue weighted by atomic mass is 16.5. The Morgan fingerprint density at radius 2 is 1.59 bits per heavy atom. The summed E-state index contributed by atoms with van der Waals surface area (Å²) < 4.78 is 5.19.